The van der Waals surface area contributed by atoms with Crippen molar-refractivity contribution in [1.82, 2.24) is 15.0 Å². The number of sulfonamides is 1. The molecule has 0 radical (unpaired) electrons. The highest BCUT2D eigenvalue weighted by Gasteiger charge is 2.16. The van der Waals surface area contributed by atoms with Gasteiger partial charge in [0.25, 0.3) is 0 Å². The lowest BCUT2D eigenvalue weighted by atomic mass is 9.90. The second-order valence-electron chi connectivity index (χ2n) is 7.25. The molecule has 1 saturated carbocycles. The Hall–Kier alpha value is -1.67. The minimum Gasteiger partial charge on any atom is -0.356 e. The lowest BCUT2D eigenvalue weighted by molar-refractivity contribution is 0.357. The monoisotopic (exact) mass is 395 g/mol. The molecule has 27 heavy (non-hydrogen) atoms. The molecule has 0 unspecified atom stereocenters. The van der Waals surface area contributed by atoms with Crippen LogP contribution in [-0.4, -0.2) is 38.2 Å². The van der Waals surface area contributed by atoms with Crippen LogP contribution in [0.25, 0.3) is 0 Å². The highest BCUT2D eigenvalue weighted by atomic mass is 32.2. The first-order valence-electron chi connectivity index (χ1n) is 10.0. The summed E-state index contributed by atoms with van der Waals surface area (Å²) in [7, 11) is -3.14. The Balaban J connectivity index is 1.47. The average Bonchev–Trinajstić information content (AvgIpc) is 2.67. The van der Waals surface area contributed by atoms with Crippen molar-refractivity contribution in [1.29, 1.82) is 5.41 Å². The fourth-order valence-corrected chi connectivity index (χ4v) is 4.53. The molecule has 152 valence electrons. The van der Waals surface area contributed by atoms with Gasteiger partial charge in [0.15, 0.2) is 5.96 Å². The summed E-state index contributed by atoms with van der Waals surface area (Å²) in [6, 6.07) is 3.61. The molecule has 0 amide bonds. The first-order valence-corrected chi connectivity index (χ1v) is 11.7. The second kappa shape index (κ2) is 11.9. The van der Waals surface area contributed by atoms with Crippen molar-refractivity contribution in [2.75, 3.05) is 24.2 Å². The summed E-state index contributed by atoms with van der Waals surface area (Å²) in [6.45, 7) is 1.31. The predicted molar refractivity (Wildman–Crippen MR) is 110 cm³/mol. The van der Waals surface area contributed by atoms with E-state index in [0.29, 0.717) is 25.4 Å². The fraction of sp³-hybridized carbons (Fsp3) is 0.684. The van der Waals surface area contributed by atoms with E-state index in [1.54, 1.807) is 24.5 Å². The zero-order chi connectivity index (χ0) is 19.4. The molecule has 1 aromatic heterocycles. The normalized spacial score (nSPS) is 15.4. The first kappa shape index (κ1) is 21.6. The Morgan fingerprint density at radius 2 is 1.78 bits per heavy atom. The van der Waals surface area contributed by atoms with Gasteiger partial charge in [0.1, 0.15) is 0 Å². The number of pyridine rings is 1. The smallest absolute Gasteiger partial charge is 0.211 e. The molecule has 8 heteroatoms. The van der Waals surface area contributed by atoms with Crippen LogP contribution in [0.3, 0.4) is 0 Å². The molecule has 1 heterocycles. The largest absolute Gasteiger partial charge is 0.356 e. The molecule has 1 aliphatic rings. The van der Waals surface area contributed by atoms with Gasteiger partial charge in [-0.1, -0.05) is 32.1 Å². The van der Waals surface area contributed by atoms with Crippen molar-refractivity contribution < 1.29 is 8.42 Å². The average molecular weight is 396 g/mol. The number of nitrogens with one attached hydrogen (secondary N) is 4. The van der Waals surface area contributed by atoms with E-state index in [0.717, 1.165) is 37.8 Å². The molecule has 4 N–H and O–H groups in total. The van der Waals surface area contributed by atoms with Crippen molar-refractivity contribution >= 4 is 21.7 Å². The van der Waals surface area contributed by atoms with Crippen LogP contribution in [0.5, 0.6) is 0 Å². The Labute approximate surface area is 163 Å². The predicted octanol–water partition coefficient (Wildman–Crippen LogP) is 3.08. The number of guanidine groups is 1. The maximum atomic E-state index is 12.1. The van der Waals surface area contributed by atoms with Crippen LogP contribution in [0.1, 0.15) is 57.8 Å². The number of hydrogen-bond donors (Lipinski definition) is 4. The van der Waals surface area contributed by atoms with E-state index in [4.69, 9.17) is 5.41 Å². The number of unbranched alkanes of at least 4 members (excludes halogenated alkanes) is 3. The molecule has 0 saturated heterocycles. The summed E-state index contributed by atoms with van der Waals surface area (Å²) in [5.41, 5.74) is 0.827. The quantitative estimate of drug-likeness (QED) is 0.262. The molecule has 2 rings (SSSR count). The lowest BCUT2D eigenvalue weighted by Gasteiger charge is -2.21. The van der Waals surface area contributed by atoms with Crippen LogP contribution in [0, 0.1) is 11.3 Å². The second-order valence-corrected chi connectivity index (χ2v) is 9.17. The number of rotatable bonds is 11. The number of aromatic nitrogens is 1. The van der Waals surface area contributed by atoms with Gasteiger partial charge in [0, 0.05) is 31.2 Å². The van der Waals surface area contributed by atoms with Crippen molar-refractivity contribution in [2.45, 2.75) is 57.8 Å². The van der Waals surface area contributed by atoms with Crippen LogP contribution in [0.15, 0.2) is 24.5 Å². The molecular formula is C19H33N5O2S. The van der Waals surface area contributed by atoms with E-state index in [9.17, 15) is 8.42 Å². The van der Waals surface area contributed by atoms with E-state index in [1.807, 2.05) is 0 Å². The van der Waals surface area contributed by atoms with E-state index in [-0.39, 0.29) is 11.7 Å². The highest BCUT2D eigenvalue weighted by Crippen LogP contribution is 2.22. The van der Waals surface area contributed by atoms with E-state index in [1.165, 1.54) is 19.3 Å². The third-order valence-electron chi connectivity index (χ3n) is 4.91. The first-order chi connectivity index (χ1) is 13.1. The zero-order valence-corrected chi connectivity index (χ0v) is 16.9. The van der Waals surface area contributed by atoms with Gasteiger partial charge in [-0.2, -0.15) is 0 Å². The van der Waals surface area contributed by atoms with Gasteiger partial charge >= 0.3 is 0 Å². The van der Waals surface area contributed by atoms with Gasteiger partial charge in [0.2, 0.25) is 10.0 Å². The molecule has 1 aliphatic carbocycles. The summed E-state index contributed by atoms with van der Waals surface area (Å²) in [5.74, 6) is 0.999. The van der Waals surface area contributed by atoms with Crippen molar-refractivity contribution in [3.05, 3.63) is 24.5 Å². The van der Waals surface area contributed by atoms with Gasteiger partial charge in [0.05, 0.1) is 5.75 Å². The molecule has 0 spiro atoms. The lowest BCUT2D eigenvalue weighted by Crippen LogP contribution is -2.32. The minimum atomic E-state index is -3.14. The standard InChI is InChI=1S/C19H33N5O2S/c20-19(24-18-10-13-21-14-11-18)22-12-6-1-2-7-15-27(25,26)23-16-17-8-4-3-5-9-17/h10-11,13-14,17,23H,1-9,12,15-16H2,(H3,20,21,22,24). The molecule has 0 bridgehead atoms. The van der Waals surface area contributed by atoms with Crippen LogP contribution in [0.2, 0.25) is 0 Å². The maximum Gasteiger partial charge on any atom is 0.211 e. The summed E-state index contributed by atoms with van der Waals surface area (Å²) in [5, 5.41) is 13.8. The molecule has 0 atom stereocenters. The Bertz CT molecular complexity index is 645. The third-order valence-corrected chi connectivity index (χ3v) is 6.34. The highest BCUT2D eigenvalue weighted by molar-refractivity contribution is 7.89. The van der Waals surface area contributed by atoms with E-state index in [2.05, 4.69) is 20.3 Å². The van der Waals surface area contributed by atoms with Crippen molar-refractivity contribution in [2.24, 2.45) is 5.92 Å². The van der Waals surface area contributed by atoms with Gasteiger partial charge in [-0.05, 0) is 43.7 Å². The van der Waals surface area contributed by atoms with Gasteiger partial charge in [-0.25, -0.2) is 13.1 Å². The number of hydrogen-bond acceptors (Lipinski definition) is 4. The molecule has 0 aromatic carbocycles. The van der Waals surface area contributed by atoms with Crippen LogP contribution >= 0.6 is 0 Å². The van der Waals surface area contributed by atoms with E-state index >= 15 is 0 Å². The molecular weight excluding hydrogens is 362 g/mol. The third kappa shape index (κ3) is 9.72. The van der Waals surface area contributed by atoms with E-state index < -0.39 is 10.0 Å². The fourth-order valence-electron chi connectivity index (χ4n) is 3.32. The van der Waals surface area contributed by atoms with Crippen molar-refractivity contribution in [3.8, 4) is 0 Å². The zero-order valence-electron chi connectivity index (χ0n) is 16.0. The summed E-state index contributed by atoms with van der Waals surface area (Å²) in [4.78, 5) is 3.93. The summed E-state index contributed by atoms with van der Waals surface area (Å²) < 4.78 is 26.9. The van der Waals surface area contributed by atoms with Gasteiger partial charge < -0.3 is 10.6 Å². The van der Waals surface area contributed by atoms with Crippen LogP contribution in [0.4, 0.5) is 5.69 Å². The maximum absolute atomic E-state index is 12.1. The van der Waals surface area contributed by atoms with Crippen molar-refractivity contribution in [3.63, 3.8) is 0 Å². The topological polar surface area (TPSA) is 107 Å². The molecule has 0 aliphatic heterocycles. The molecule has 1 aromatic rings. The van der Waals surface area contributed by atoms with Gasteiger partial charge in [-0.3, -0.25) is 10.4 Å². The Morgan fingerprint density at radius 1 is 1.07 bits per heavy atom. The number of nitrogens with zero attached hydrogens (tertiary/aromatic N) is 1. The number of anilines is 1. The Kier molecular flexibility index (Phi) is 9.55. The van der Waals surface area contributed by atoms with Crippen LogP contribution in [-0.2, 0) is 10.0 Å². The summed E-state index contributed by atoms with van der Waals surface area (Å²) in [6.07, 6.45) is 12.8. The minimum absolute atomic E-state index is 0.215. The SMILES string of the molecule is N=C(NCCCCCCS(=O)(=O)NCC1CCCCC1)Nc1ccncc1. The van der Waals surface area contributed by atoms with Gasteiger partial charge in [-0.15, -0.1) is 0 Å². The van der Waals surface area contributed by atoms with Crippen LogP contribution < -0.4 is 15.4 Å². The molecule has 7 nitrogen and oxygen atoms in total. The molecule has 1 fully saturated rings. The Morgan fingerprint density at radius 3 is 2.52 bits per heavy atom. The summed E-state index contributed by atoms with van der Waals surface area (Å²) >= 11 is 0.